The Morgan fingerprint density at radius 2 is 1.58 bits per heavy atom. The number of aliphatic hydroxyl groups excluding tert-OH is 1. The van der Waals surface area contributed by atoms with Gasteiger partial charge in [-0.1, -0.05) is 42.0 Å². The molecular weight excluding hydrogens is 502 g/mol. The number of ether oxygens (including phenoxy) is 1. The van der Waals surface area contributed by atoms with Gasteiger partial charge >= 0.3 is 0 Å². The molecule has 1 fully saturated rings. The first kappa shape index (κ1) is 24.4. The minimum absolute atomic E-state index is 0.146. The number of sulfonamides is 1. The molecule has 0 spiro atoms. The number of anilines is 3. The van der Waals surface area contributed by atoms with E-state index in [4.69, 9.17) is 4.74 Å². The van der Waals surface area contributed by atoms with Crippen LogP contribution in [0.2, 0.25) is 0 Å². The molecule has 10 heteroatoms. The first-order valence-electron chi connectivity index (χ1n) is 12.3. The first-order chi connectivity index (χ1) is 18.4. The number of hydrogen-bond acceptors (Lipinski definition) is 8. The summed E-state index contributed by atoms with van der Waals surface area (Å²) in [5.74, 6) is 1.97. The number of benzene rings is 3. The minimum Gasteiger partial charge on any atom is -0.453 e. The Hall–Kier alpha value is -3.99. The van der Waals surface area contributed by atoms with Crippen molar-refractivity contribution in [2.45, 2.75) is 30.0 Å². The molecule has 38 heavy (non-hydrogen) atoms. The zero-order chi connectivity index (χ0) is 26.3. The maximum atomic E-state index is 13.4. The van der Waals surface area contributed by atoms with Crippen molar-refractivity contribution in [1.82, 2.24) is 14.7 Å². The lowest BCUT2D eigenvalue weighted by Crippen LogP contribution is -2.65. The maximum absolute atomic E-state index is 13.4. The summed E-state index contributed by atoms with van der Waals surface area (Å²) in [6, 6.07) is 22.3. The highest BCUT2D eigenvalue weighted by molar-refractivity contribution is 7.89. The molecule has 4 aromatic rings. The Labute approximate surface area is 221 Å². The molecule has 3 aromatic carbocycles. The van der Waals surface area contributed by atoms with Gasteiger partial charge in [0.15, 0.2) is 11.5 Å². The molecule has 2 aliphatic heterocycles. The van der Waals surface area contributed by atoms with Crippen LogP contribution in [0.25, 0.3) is 0 Å². The number of para-hydroxylation sites is 4. The maximum Gasteiger partial charge on any atom is 0.240 e. The highest BCUT2D eigenvalue weighted by atomic mass is 32.2. The number of nitrogens with one attached hydrogen (secondary N) is 1. The normalized spacial score (nSPS) is 20.8. The van der Waals surface area contributed by atoms with Gasteiger partial charge in [-0.25, -0.2) is 23.1 Å². The van der Waals surface area contributed by atoms with Crippen molar-refractivity contribution < 1.29 is 18.3 Å². The highest BCUT2D eigenvalue weighted by Gasteiger charge is 2.44. The van der Waals surface area contributed by atoms with E-state index in [9.17, 15) is 13.5 Å². The van der Waals surface area contributed by atoms with E-state index in [2.05, 4.69) is 14.7 Å². The summed E-state index contributed by atoms with van der Waals surface area (Å²) in [5, 5.41) is 11.8. The van der Waals surface area contributed by atoms with Gasteiger partial charge in [-0.3, -0.25) is 0 Å². The van der Waals surface area contributed by atoms with E-state index in [1.807, 2.05) is 65.3 Å². The average molecular weight is 530 g/mol. The summed E-state index contributed by atoms with van der Waals surface area (Å²) in [4.78, 5) is 12.6. The summed E-state index contributed by atoms with van der Waals surface area (Å²) >= 11 is 0. The van der Waals surface area contributed by atoms with Crippen molar-refractivity contribution in [1.29, 1.82) is 0 Å². The summed E-state index contributed by atoms with van der Waals surface area (Å²) in [6.07, 6.45) is 2.06. The van der Waals surface area contributed by atoms with E-state index >= 15 is 0 Å². The Balaban J connectivity index is 1.42. The molecule has 0 bridgehead atoms. The fraction of sp³-hybridized carbons (Fsp3) is 0.214. The lowest BCUT2D eigenvalue weighted by molar-refractivity contribution is 0.0975. The molecule has 9 nitrogen and oxygen atoms in total. The summed E-state index contributed by atoms with van der Waals surface area (Å²) in [7, 11) is -3.90. The van der Waals surface area contributed by atoms with E-state index < -0.39 is 28.2 Å². The molecule has 1 aromatic heterocycles. The van der Waals surface area contributed by atoms with E-state index in [1.54, 1.807) is 36.5 Å². The van der Waals surface area contributed by atoms with E-state index in [0.717, 1.165) is 16.9 Å². The average Bonchev–Trinajstić information content (AvgIpc) is 2.93. The van der Waals surface area contributed by atoms with Crippen molar-refractivity contribution in [2.75, 3.05) is 22.9 Å². The van der Waals surface area contributed by atoms with Crippen LogP contribution in [-0.4, -0.2) is 54.8 Å². The molecule has 0 unspecified atom stereocenters. The van der Waals surface area contributed by atoms with Gasteiger partial charge < -0.3 is 19.6 Å². The van der Waals surface area contributed by atoms with E-state index in [-0.39, 0.29) is 11.4 Å². The molecule has 194 valence electrons. The second kappa shape index (κ2) is 9.71. The summed E-state index contributed by atoms with van der Waals surface area (Å²) in [5.41, 5.74) is 2.54. The van der Waals surface area contributed by atoms with Crippen LogP contribution in [0, 0.1) is 6.92 Å². The third-order valence-corrected chi connectivity index (χ3v) is 8.47. The summed E-state index contributed by atoms with van der Waals surface area (Å²) in [6.45, 7) is 2.52. The van der Waals surface area contributed by atoms with Gasteiger partial charge in [-0.15, -0.1) is 0 Å². The van der Waals surface area contributed by atoms with Gasteiger partial charge in [0.05, 0.1) is 34.5 Å². The van der Waals surface area contributed by atoms with E-state index in [0.29, 0.717) is 23.9 Å². The fourth-order valence-corrected chi connectivity index (χ4v) is 6.34. The monoisotopic (exact) mass is 529 g/mol. The van der Waals surface area contributed by atoms with Crippen LogP contribution in [0.15, 0.2) is 96.3 Å². The van der Waals surface area contributed by atoms with Gasteiger partial charge in [0.25, 0.3) is 0 Å². The zero-order valence-electron chi connectivity index (χ0n) is 20.7. The van der Waals surface area contributed by atoms with Crippen LogP contribution < -0.4 is 19.3 Å². The lowest BCUT2D eigenvalue weighted by Gasteiger charge is -2.48. The van der Waals surface area contributed by atoms with Crippen LogP contribution in [0.1, 0.15) is 5.56 Å². The van der Waals surface area contributed by atoms with Crippen molar-refractivity contribution in [3.05, 3.63) is 97.0 Å². The van der Waals surface area contributed by atoms with Gasteiger partial charge in [-0.2, -0.15) is 0 Å². The van der Waals surface area contributed by atoms with Gasteiger partial charge in [0.1, 0.15) is 12.1 Å². The molecule has 3 atom stereocenters. The Morgan fingerprint density at radius 1 is 0.921 bits per heavy atom. The molecular formula is C28H27N5O4S. The van der Waals surface area contributed by atoms with Crippen LogP contribution in [0.5, 0.6) is 11.5 Å². The Kier molecular flexibility index (Phi) is 6.22. The number of fused-ring (bicyclic) bond motifs is 2. The number of aromatic nitrogens is 2. The van der Waals surface area contributed by atoms with Crippen molar-refractivity contribution in [2.24, 2.45) is 0 Å². The smallest absolute Gasteiger partial charge is 0.240 e. The summed E-state index contributed by atoms with van der Waals surface area (Å²) < 4.78 is 35.7. The number of nitrogens with zero attached hydrogens (tertiary/aromatic N) is 4. The molecule has 2 N–H and O–H groups in total. The second-order valence-corrected chi connectivity index (χ2v) is 11.2. The predicted octanol–water partition coefficient (Wildman–Crippen LogP) is 3.63. The van der Waals surface area contributed by atoms with Crippen LogP contribution >= 0.6 is 0 Å². The van der Waals surface area contributed by atoms with Crippen molar-refractivity contribution in [3.63, 3.8) is 0 Å². The molecule has 0 amide bonds. The Bertz CT molecular complexity index is 1500. The number of rotatable bonds is 5. The first-order valence-corrected chi connectivity index (χ1v) is 13.8. The van der Waals surface area contributed by atoms with Crippen molar-refractivity contribution in [3.8, 4) is 11.5 Å². The molecule has 3 heterocycles. The number of aryl methyl sites for hydroxylation is 1. The van der Waals surface area contributed by atoms with Gasteiger partial charge in [0.2, 0.25) is 10.0 Å². The number of hydrogen-bond donors (Lipinski definition) is 2. The number of aliphatic hydroxyl groups is 1. The second-order valence-electron chi connectivity index (χ2n) is 9.48. The predicted molar refractivity (Wildman–Crippen MR) is 144 cm³/mol. The lowest BCUT2D eigenvalue weighted by atomic mass is 9.94. The van der Waals surface area contributed by atoms with Crippen molar-refractivity contribution >= 4 is 27.2 Å². The third-order valence-electron chi connectivity index (χ3n) is 6.96. The molecule has 2 aliphatic rings. The van der Waals surface area contributed by atoms with Crippen LogP contribution in [-0.2, 0) is 10.0 Å². The molecule has 6 rings (SSSR count). The Morgan fingerprint density at radius 3 is 2.21 bits per heavy atom. The molecule has 0 aliphatic carbocycles. The highest BCUT2D eigenvalue weighted by Crippen LogP contribution is 2.48. The minimum atomic E-state index is -3.90. The van der Waals surface area contributed by atoms with Gasteiger partial charge in [0, 0.05) is 19.3 Å². The van der Waals surface area contributed by atoms with Crippen LogP contribution in [0.3, 0.4) is 0 Å². The molecule has 0 radical (unpaired) electrons. The standard InChI is InChI=1S/C28H27N5O4S/c1-19-10-12-20(13-11-19)38(35,36)31-21-16-32(27-14-15-29-18-30-27)17-24(28(21)34)33-22-6-2-4-8-25(22)37-26-9-5-3-7-23(26)33/h2-15,18,21,24,28,31,34H,16-17H2,1H3/t21-,24+,28+/m1/s1. The quantitative estimate of drug-likeness (QED) is 0.404. The molecule has 0 saturated carbocycles. The van der Waals surface area contributed by atoms with E-state index in [1.165, 1.54) is 6.33 Å². The van der Waals surface area contributed by atoms with Crippen LogP contribution in [0.4, 0.5) is 17.2 Å². The third kappa shape index (κ3) is 4.47. The SMILES string of the molecule is Cc1ccc(S(=O)(=O)N[C@@H]2CN(c3ccncn3)C[C@H](N3c4ccccc4Oc4ccccc43)[C@H]2O)cc1. The molecule has 1 saturated heterocycles. The fourth-order valence-electron chi connectivity index (χ4n) is 5.10. The zero-order valence-corrected chi connectivity index (χ0v) is 21.5. The van der Waals surface area contributed by atoms with Gasteiger partial charge in [-0.05, 0) is 49.4 Å². The number of piperidine rings is 1. The largest absolute Gasteiger partial charge is 0.453 e. The topological polar surface area (TPSA) is 108 Å².